The molecule has 84 valence electrons. The molecule has 0 spiro atoms. The molecule has 0 aromatic heterocycles. The molecule has 0 aliphatic carbocycles. The number of aryl methyl sites for hydroxylation is 2. The molecule has 0 radical (unpaired) electrons. The van der Waals surface area contributed by atoms with Crippen molar-refractivity contribution in [3.05, 3.63) is 29.3 Å². The lowest BCUT2D eigenvalue weighted by Gasteiger charge is -2.20. The van der Waals surface area contributed by atoms with E-state index in [4.69, 9.17) is 0 Å². The second-order valence-electron chi connectivity index (χ2n) is 3.98. The van der Waals surface area contributed by atoms with E-state index in [0.717, 1.165) is 0 Å². The predicted octanol–water partition coefficient (Wildman–Crippen LogP) is 2.48. The van der Waals surface area contributed by atoms with Gasteiger partial charge < -0.3 is 10.6 Å². The molecular weight excluding hydrogens is 184 g/mol. The molecule has 0 saturated carbocycles. The summed E-state index contributed by atoms with van der Waals surface area (Å²) < 4.78 is 0. The van der Waals surface area contributed by atoms with E-state index in [1.165, 1.54) is 49.8 Å². The maximum absolute atomic E-state index is 4.50. The summed E-state index contributed by atoms with van der Waals surface area (Å²) in [5.74, 6) is 0. The third-order valence-electron chi connectivity index (χ3n) is 2.81. The lowest BCUT2D eigenvalue weighted by Crippen LogP contribution is -2.18. The topological polar surface area (TPSA) is 29.3 Å². The third-order valence-corrected chi connectivity index (χ3v) is 2.81. The van der Waals surface area contributed by atoms with Crippen LogP contribution in [0.3, 0.4) is 0 Å². The second kappa shape index (κ2) is 5.76. The molecule has 0 unspecified atom stereocenters. The maximum atomic E-state index is 4.50. The smallest absolute Gasteiger partial charge is 0.0398 e. The first kappa shape index (κ1) is 12.1. The van der Waals surface area contributed by atoms with Crippen LogP contribution >= 0.6 is 0 Å². The van der Waals surface area contributed by atoms with E-state index in [1.807, 2.05) is 0 Å². The van der Waals surface area contributed by atoms with Crippen LogP contribution in [0.15, 0.2) is 18.2 Å². The van der Waals surface area contributed by atoms with Gasteiger partial charge >= 0.3 is 0 Å². The van der Waals surface area contributed by atoms with E-state index < -0.39 is 0 Å². The molecule has 2 N–H and O–H groups in total. The molecule has 1 saturated heterocycles. The zero-order valence-electron chi connectivity index (χ0n) is 10.1. The predicted molar refractivity (Wildman–Crippen MR) is 67.5 cm³/mol. The molecule has 15 heavy (non-hydrogen) atoms. The van der Waals surface area contributed by atoms with Gasteiger partial charge in [0.15, 0.2) is 0 Å². The van der Waals surface area contributed by atoms with Crippen LogP contribution in [0.2, 0.25) is 0 Å². The summed E-state index contributed by atoms with van der Waals surface area (Å²) in [6.07, 6.45) is 2.71. The average Bonchev–Trinajstić information content (AvgIpc) is 2.78. The second-order valence-corrected chi connectivity index (χ2v) is 3.98. The largest absolute Gasteiger partial charge is 0.371 e. The number of nitrogens with zero attached hydrogens (tertiary/aromatic N) is 1. The van der Waals surface area contributed by atoms with E-state index in [0.29, 0.717) is 0 Å². The van der Waals surface area contributed by atoms with Crippen LogP contribution in [0.25, 0.3) is 0 Å². The van der Waals surface area contributed by atoms with Crippen LogP contribution in [-0.2, 0) is 0 Å². The normalized spacial score (nSPS) is 14.8. The third kappa shape index (κ3) is 2.96. The Bertz CT molecular complexity index is 301. The fraction of sp³-hybridized carbons (Fsp3) is 0.538. The Balaban J connectivity index is 0.000000531. The van der Waals surface area contributed by atoms with Gasteiger partial charge in [-0.2, -0.15) is 0 Å². The summed E-state index contributed by atoms with van der Waals surface area (Å²) in [7, 11) is 1.50. The molecule has 0 atom stereocenters. The first-order valence-corrected chi connectivity index (χ1v) is 5.67. The Hall–Kier alpha value is -1.02. The van der Waals surface area contributed by atoms with Crippen molar-refractivity contribution < 1.29 is 0 Å². The number of hydrogen-bond donors (Lipinski definition) is 1. The zero-order valence-corrected chi connectivity index (χ0v) is 10.1. The van der Waals surface area contributed by atoms with E-state index in [1.54, 1.807) is 0 Å². The number of benzene rings is 1. The highest BCUT2D eigenvalue weighted by Gasteiger charge is 2.13. The van der Waals surface area contributed by atoms with Crippen molar-refractivity contribution in [1.29, 1.82) is 0 Å². The monoisotopic (exact) mass is 206 g/mol. The number of hydrogen-bond acceptors (Lipinski definition) is 2. The number of rotatable bonds is 1. The molecule has 1 aromatic rings. The van der Waals surface area contributed by atoms with Gasteiger partial charge in [0, 0.05) is 18.8 Å². The highest BCUT2D eigenvalue weighted by molar-refractivity contribution is 5.55. The van der Waals surface area contributed by atoms with Gasteiger partial charge in [0.2, 0.25) is 0 Å². The van der Waals surface area contributed by atoms with Crippen molar-refractivity contribution in [3.63, 3.8) is 0 Å². The van der Waals surface area contributed by atoms with Gasteiger partial charge in [0.1, 0.15) is 0 Å². The number of anilines is 1. The standard InChI is InChI=1S/C12H17N.CH5N/c1-10-5-6-11(2)12(9-10)13-7-3-4-8-13;1-2/h5-6,9H,3-4,7-8H2,1-2H3;2H2,1H3. The van der Waals surface area contributed by atoms with Gasteiger partial charge in [-0.25, -0.2) is 0 Å². The molecular formula is C13H22N2. The average molecular weight is 206 g/mol. The summed E-state index contributed by atoms with van der Waals surface area (Å²) >= 11 is 0. The Kier molecular flexibility index (Phi) is 4.63. The molecule has 2 rings (SSSR count). The maximum Gasteiger partial charge on any atom is 0.0398 e. The lowest BCUT2D eigenvalue weighted by atomic mass is 10.1. The van der Waals surface area contributed by atoms with Crippen molar-refractivity contribution in [1.82, 2.24) is 0 Å². The van der Waals surface area contributed by atoms with E-state index in [2.05, 4.69) is 42.7 Å². The van der Waals surface area contributed by atoms with Crippen molar-refractivity contribution in [3.8, 4) is 0 Å². The summed E-state index contributed by atoms with van der Waals surface area (Å²) in [6.45, 7) is 6.85. The molecule has 2 heteroatoms. The Morgan fingerprint density at radius 3 is 2.27 bits per heavy atom. The van der Waals surface area contributed by atoms with Crippen molar-refractivity contribution in [2.24, 2.45) is 5.73 Å². The highest BCUT2D eigenvalue weighted by atomic mass is 15.1. The van der Waals surface area contributed by atoms with E-state index in [-0.39, 0.29) is 0 Å². The van der Waals surface area contributed by atoms with E-state index in [9.17, 15) is 0 Å². The van der Waals surface area contributed by atoms with Crippen LogP contribution in [-0.4, -0.2) is 20.1 Å². The van der Waals surface area contributed by atoms with Crippen molar-refractivity contribution in [2.45, 2.75) is 26.7 Å². The zero-order chi connectivity index (χ0) is 11.3. The van der Waals surface area contributed by atoms with Crippen LogP contribution < -0.4 is 10.6 Å². The fourth-order valence-corrected chi connectivity index (χ4v) is 2.02. The lowest BCUT2D eigenvalue weighted by molar-refractivity contribution is 0.949. The minimum Gasteiger partial charge on any atom is -0.371 e. The summed E-state index contributed by atoms with van der Waals surface area (Å²) in [4.78, 5) is 2.50. The van der Waals surface area contributed by atoms with Gasteiger partial charge in [-0.1, -0.05) is 12.1 Å². The van der Waals surface area contributed by atoms with Crippen LogP contribution in [0.4, 0.5) is 5.69 Å². The molecule has 1 fully saturated rings. The Morgan fingerprint density at radius 1 is 1.07 bits per heavy atom. The summed E-state index contributed by atoms with van der Waals surface area (Å²) in [5, 5.41) is 0. The van der Waals surface area contributed by atoms with Crippen molar-refractivity contribution in [2.75, 3.05) is 25.0 Å². The Morgan fingerprint density at radius 2 is 1.67 bits per heavy atom. The van der Waals surface area contributed by atoms with Crippen LogP contribution in [0.5, 0.6) is 0 Å². The van der Waals surface area contributed by atoms with Gasteiger partial charge in [-0.15, -0.1) is 0 Å². The SMILES string of the molecule is CN.Cc1ccc(C)c(N2CCCC2)c1. The van der Waals surface area contributed by atoms with Crippen LogP contribution in [0.1, 0.15) is 24.0 Å². The van der Waals surface area contributed by atoms with Crippen molar-refractivity contribution >= 4 is 5.69 Å². The van der Waals surface area contributed by atoms with E-state index >= 15 is 0 Å². The molecule has 0 amide bonds. The molecule has 1 aliphatic rings. The molecule has 1 heterocycles. The summed E-state index contributed by atoms with van der Waals surface area (Å²) in [6, 6.07) is 6.72. The molecule has 0 bridgehead atoms. The summed E-state index contributed by atoms with van der Waals surface area (Å²) in [5.41, 5.74) is 8.72. The molecule has 1 aromatic carbocycles. The first-order chi connectivity index (χ1) is 7.27. The first-order valence-electron chi connectivity index (χ1n) is 5.67. The van der Waals surface area contributed by atoms with Gasteiger partial charge in [-0.3, -0.25) is 0 Å². The number of nitrogens with two attached hydrogens (primary N) is 1. The minimum absolute atomic E-state index is 1.24. The highest BCUT2D eigenvalue weighted by Crippen LogP contribution is 2.24. The van der Waals surface area contributed by atoms with Gasteiger partial charge in [-0.05, 0) is 50.9 Å². The fourth-order valence-electron chi connectivity index (χ4n) is 2.02. The van der Waals surface area contributed by atoms with Crippen LogP contribution in [0, 0.1) is 13.8 Å². The molecule has 1 aliphatic heterocycles. The molecule has 2 nitrogen and oxygen atoms in total. The minimum atomic E-state index is 1.24. The Labute approximate surface area is 93.1 Å². The van der Waals surface area contributed by atoms with Gasteiger partial charge in [0.05, 0.1) is 0 Å². The quantitative estimate of drug-likeness (QED) is 0.765. The van der Waals surface area contributed by atoms with Gasteiger partial charge in [0.25, 0.3) is 0 Å².